The van der Waals surface area contributed by atoms with Crippen LogP contribution in [-0.4, -0.2) is 18.2 Å². The third-order valence-corrected chi connectivity index (χ3v) is 3.35. The Hall–Kier alpha value is -1.90. The zero-order chi connectivity index (χ0) is 14.8. The van der Waals surface area contributed by atoms with E-state index < -0.39 is 0 Å². The minimum Gasteiger partial charge on any atom is -0.457 e. The molecule has 1 aromatic carbocycles. The molecule has 20 heavy (non-hydrogen) atoms. The van der Waals surface area contributed by atoms with Crippen LogP contribution in [0.25, 0.3) is 0 Å². The number of benzene rings is 1. The lowest BCUT2D eigenvalue weighted by Crippen LogP contribution is -2.20. The standard InChI is InChI=1S/C17H21NO2/c1-12-15(17(2,3)4)14(10-18-12)16(19)20-11-13-8-6-5-7-9-13/h5-9H,10-11H2,1-4H3. The van der Waals surface area contributed by atoms with Crippen LogP contribution in [0.1, 0.15) is 33.3 Å². The van der Waals surface area contributed by atoms with E-state index in [2.05, 4.69) is 25.8 Å². The largest absolute Gasteiger partial charge is 0.457 e. The molecule has 0 atom stereocenters. The number of allylic oxidation sites excluding steroid dienone is 1. The SMILES string of the molecule is CC1=NCC(C(=O)OCc2ccccc2)=C1C(C)(C)C. The summed E-state index contributed by atoms with van der Waals surface area (Å²) in [5.74, 6) is -0.251. The number of aliphatic imine (C=N–C) groups is 1. The van der Waals surface area contributed by atoms with Crippen molar-refractivity contribution in [2.24, 2.45) is 10.4 Å². The fourth-order valence-corrected chi connectivity index (χ4v) is 2.55. The molecule has 0 radical (unpaired) electrons. The van der Waals surface area contributed by atoms with Gasteiger partial charge in [-0.15, -0.1) is 0 Å². The van der Waals surface area contributed by atoms with Crippen LogP contribution in [0.5, 0.6) is 0 Å². The molecule has 0 saturated heterocycles. The highest BCUT2D eigenvalue weighted by molar-refractivity contribution is 6.09. The summed E-state index contributed by atoms with van der Waals surface area (Å²) in [5.41, 5.74) is 3.57. The Balaban J connectivity index is 2.11. The fourth-order valence-electron chi connectivity index (χ4n) is 2.55. The van der Waals surface area contributed by atoms with Gasteiger partial charge in [-0.25, -0.2) is 4.79 Å². The van der Waals surface area contributed by atoms with Crippen LogP contribution in [0.3, 0.4) is 0 Å². The molecule has 0 saturated carbocycles. The molecule has 1 heterocycles. The Bertz CT molecular complexity index is 562. The maximum atomic E-state index is 12.3. The molecule has 0 fully saturated rings. The third kappa shape index (κ3) is 3.16. The molecule has 106 valence electrons. The number of hydrogen-bond acceptors (Lipinski definition) is 3. The summed E-state index contributed by atoms with van der Waals surface area (Å²) in [6.07, 6.45) is 0. The number of ether oxygens (including phenoxy) is 1. The quantitative estimate of drug-likeness (QED) is 0.789. The number of nitrogens with zero attached hydrogens (tertiary/aromatic N) is 1. The van der Waals surface area contributed by atoms with Crippen molar-refractivity contribution in [3.8, 4) is 0 Å². The van der Waals surface area contributed by atoms with Crippen LogP contribution in [0, 0.1) is 5.41 Å². The van der Waals surface area contributed by atoms with Crippen molar-refractivity contribution >= 4 is 11.7 Å². The molecule has 3 heteroatoms. The van der Waals surface area contributed by atoms with E-state index in [-0.39, 0.29) is 11.4 Å². The zero-order valence-corrected chi connectivity index (χ0v) is 12.6. The molecule has 0 aliphatic carbocycles. The number of esters is 1. The molecule has 0 spiro atoms. The van der Waals surface area contributed by atoms with Gasteiger partial charge in [0.25, 0.3) is 0 Å². The van der Waals surface area contributed by atoms with Crippen LogP contribution in [0.4, 0.5) is 0 Å². The fraction of sp³-hybridized carbons (Fsp3) is 0.412. The molecule has 0 unspecified atom stereocenters. The Kier molecular flexibility index (Phi) is 4.07. The number of hydrogen-bond donors (Lipinski definition) is 0. The lowest BCUT2D eigenvalue weighted by Gasteiger charge is -2.22. The second-order valence-corrected chi connectivity index (χ2v) is 6.07. The number of rotatable bonds is 3. The molecular formula is C17H21NO2. The number of carbonyl (C=O) groups is 1. The molecule has 0 amide bonds. The van der Waals surface area contributed by atoms with Crippen LogP contribution >= 0.6 is 0 Å². The summed E-state index contributed by atoms with van der Waals surface area (Å²) in [7, 11) is 0. The maximum absolute atomic E-state index is 12.3. The smallest absolute Gasteiger partial charge is 0.336 e. The highest BCUT2D eigenvalue weighted by Gasteiger charge is 2.31. The molecule has 0 N–H and O–H groups in total. The van der Waals surface area contributed by atoms with E-state index in [0.29, 0.717) is 18.7 Å². The van der Waals surface area contributed by atoms with Gasteiger partial charge in [0.15, 0.2) is 0 Å². The predicted molar refractivity (Wildman–Crippen MR) is 80.7 cm³/mol. The first-order chi connectivity index (χ1) is 9.39. The van der Waals surface area contributed by atoms with Crippen LogP contribution in [0.15, 0.2) is 46.5 Å². The first-order valence-corrected chi connectivity index (χ1v) is 6.85. The van der Waals surface area contributed by atoms with Crippen molar-refractivity contribution in [3.63, 3.8) is 0 Å². The van der Waals surface area contributed by atoms with Gasteiger partial charge in [-0.3, -0.25) is 4.99 Å². The number of carbonyl (C=O) groups excluding carboxylic acids is 1. The minimum atomic E-state index is -0.251. The normalized spacial score (nSPS) is 15.3. The third-order valence-electron chi connectivity index (χ3n) is 3.35. The monoisotopic (exact) mass is 271 g/mol. The van der Waals surface area contributed by atoms with Crippen molar-refractivity contribution in [2.45, 2.75) is 34.3 Å². The summed E-state index contributed by atoms with van der Waals surface area (Å²) in [5, 5.41) is 0. The first kappa shape index (κ1) is 14.5. The summed E-state index contributed by atoms with van der Waals surface area (Å²) < 4.78 is 5.42. The second-order valence-electron chi connectivity index (χ2n) is 6.07. The minimum absolute atomic E-state index is 0.0921. The van der Waals surface area contributed by atoms with Gasteiger partial charge in [0, 0.05) is 5.71 Å². The maximum Gasteiger partial charge on any atom is 0.336 e. The highest BCUT2D eigenvalue weighted by atomic mass is 16.5. The second kappa shape index (κ2) is 5.61. The molecule has 1 aliphatic rings. The van der Waals surface area contributed by atoms with Crippen LogP contribution in [-0.2, 0) is 16.1 Å². The average molecular weight is 271 g/mol. The van der Waals surface area contributed by atoms with Gasteiger partial charge in [-0.1, -0.05) is 51.1 Å². The highest BCUT2D eigenvalue weighted by Crippen LogP contribution is 2.33. The molecule has 0 aromatic heterocycles. The topological polar surface area (TPSA) is 38.7 Å². The van der Waals surface area contributed by atoms with Gasteiger partial charge < -0.3 is 4.74 Å². The van der Waals surface area contributed by atoms with Gasteiger partial charge in [-0.2, -0.15) is 0 Å². The van der Waals surface area contributed by atoms with Crippen molar-refractivity contribution in [1.29, 1.82) is 0 Å². The summed E-state index contributed by atoms with van der Waals surface area (Å²) >= 11 is 0. The van der Waals surface area contributed by atoms with E-state index in [4.69, 9.17) is 4.74 Å². The van der Waals surface area contributed by atoms with E-state index in [0.717, 1.165) is 16.8 Å². The van der Waals surface area contributed by atoms with Crippen molar-refractivity contribution in [2.75, 3.05) is 6.54 Å². The molecule has 3 nitrogen and oxygen atoms in total. The van der Waals surface area contributed by atoms with E-state index in [1.165, 1.54) is 0 Å². The summed E-state index contributed by atoms with van der Waals surface area (Å²) in [6, 6.07) is 9.71. The van der Waals surface area contributed by atoms with Gasteiger partial charge in [-0.05, 0) is 23.5 Å². The van der Waals surface area contributed by atoms with Crippen molar-refractivity contribution in [1.82, 2.24) is 0 Å². The zero-order valence-electron chi connectivity index (χ0n) is 12.6. The molecule has 0 bridgehead atoms. The van der Waals surface area contributed by atoms with Crippen molar-refractivity contribution in [3.05, 3.63) is 47.0 Å². The van der Waals surface area contributed by atoms with Gasteiger partial charge in [0.05, 0.1) is 12.1 Å². The lowest BCUT2D eigenvalue weighted by atomic mass is 9.82. The van der Waals surface area contributed by atoms with Crippen LogP contribution in [0.2, 0.25) is 0 Å². The van der Waals surface area contributed by atoms with Gasteiger partial charge in [0.1, 0.15) is 6.61 Å². The van der Waals surface area contributed by atoms with Crippen molar-refractivity contribution < 1.29 is 9.53 Å². The first-order valence-electron chi connectivity index (χ1n) is 6.85. The predicted octanol–water partition coefficient (Wildman–Crippen LogP) is 3.55. The van der Waals surface area contributed by atoms with Gasteiger partial charge in [0.2, 0.25) is 0 Å². The molecule has 1 aromatic rings. The lowest BCUT2D eigenvalue weighted by molar-refractivity contribution is -0.140. The Morgan fingerprint density at radius 3 is 2.50 bits per heavy atom. The summed E-state index contributed by atoms with van der Waals surface area (Å²) in [6.45, 7) is 8.98. The Labute approximate surface area is 120 Å². The molecule has 1 aliphatic heterocycles. The van der Waals surface area contributed by atoms with E-state index in [1.807, 2.05) is 37.3 Å². The molecular weight excluding hydrogens is 250 g/mol. The van der Waals surface area contributed by atoms with Crippen LogP contribution < -0.4 is 0 Å². The van der Waals surface area contributed by atoms with E-state index >= 15 is 0 Å². The Morgan fingerprint density at radius 2 is 1.90 bits per heavy atom. The van der Waals surface area contributed by atoms with E-state index in [1.54, 1.807) is 0 Å². The summed E-state index contributed by atoms with van der Waals surface area (Å²) in [4.78, 5) is 16.7. The van der Waals surface area contributed by atoms with Gasteiger partial charge >= 0.3 is 5.97 Å². The molecule has 2 rings (SSSR count). The van der Waals surface area contributed by atoms with E-state index in [9.17, 15) is 4.79 Å². The average Bonchev–Trinajstić information content (AvgIpc) is 2.79. The Morgan fingerprint density at radius 1 is 1.25 bits per heavy atom.